The number of nitrogens with one attached hydrogen (secondary N) is 2. The Hall–Kier alpha value is -0.820. The molecule has 0 radical (unpaired) electrons. The van der Waals surface area contributed by atoms with Crippen LogP contribution < -0.4 is 10.0 Å². The van der Waals surface area contributed by atoms with Gasteiger partial charge in [0.2, 0.25) is 10.0 Å². The smallest absolute Gasteiger partial charge is 0.317 e. The molecule has 6 nitrogen and oxygen atoms in total. The molecule has 0 aromatic heterocycles. The lowest BCUT2D eigenvalue weighted by atomic mass is 9.71. The fraction of sp³-hybridized carbons (Fsp3) is 0.938. The van der Waals surface area contributed by atoms with Gasteiger partial charge in [0.1, 0.15) is 0 Å². The molecule has 2 N–H and O–H groups in total. The second-order valence-electron chi connectivity index (χ2n) is 8.09. The van der Waals surface area contributed by atoms with E-state index < -0.39 is 10.0 Å². The molecular weight excluding hydrogens is 314 g/mol. The first-order valence-electron chi connectivity index (χ1n) is 8.59. The lowest BCUT2D eigenvalue weighted by molar-refractivity contribution is 0.119. The minimum absolute atomic E-state index is 0.102. The monoisotopic (exact) mass is 345 g/mol. The SMILES string of the molecule is CN(C(=O)NCC1CCS(=O)(=O)N1)C1CCC(C(C)(C)C)CC1. The van der Waals surface area contributed by atoms with Gasteiger partial charge >= 0.3 is 6.03 Å². The first-order valence-corrected chi connectivity index (χ1v) is 10.2. The van der Waals surface area contributed by atoms with Crippen molar-refractivity contribution in [1.82, 2.24) is 14.9 Å². The van der Waals surface area contributed by atoms with Crippen molar-refractivity contribution in [2.75, 3.05) is 19.3 Å². The highest BCUT2D eigenvalue weighted by atomic mass is 32.2. The minimum atomic E-state index is -3.12. The van der Waals surface area contributed by atoms with Crippen LogP contribution in [0, 0.1) is 11.3 Å². The largest absolute Gasteiger partial charge is 0.336 e. The van der Waals surface area contributed by atoms with Crippen LogP contribution in [0.1, 0.15) is 52.9 Å². The molecule has 1 heterocycles. The van der Waals surface area contributed by atoms with Crippen LogP contribution in [0.2, 0.25) is 0 Å². The number of nitrogens with zero attached hydrogens (tertiary/aromatic N) is 1. The summed E-state index contributed by atoms with van der Waals surface area (Å²) in [7, 11) is -1.28. The maximum atomic E-state index is 12.3. The van der Waals surface area contributed by atoms with Crippen molar-refractivity contribution in [1.29, 1.82) is 0 Å². The summed E-state index contributed by atoms with van der Waals surface area (Å²) in [5.74, 6) is 0.878. The molecule has 2 aliphatic rings. The molecule has 1 atom stereocenters. The van der Waals surface area contributed by atoms with Gasteiger partial charge in [-0.25, -0.2) is 17.9 Å². The van der Waals surface area contributed by atoms with Crippen LogP contribution in [0.5, 0.6) is 0 Å². The Morgan fingerprint density at radius 3 is 2.26 bits per heavy atom. The third-order valence-corrected chi connectivity index (χ3v) is 6.84. The third-order valence-electron chi connectivity index (χ3n) is 5.37. The number of urea groups is 1. The fourth-order valence-corrected chi connectivity index (χ4v) is 5.06. The van der Waals surface area contributed by atoms with Gasteiger partial charge in [0.25, 0.3) is 0 Å². The van der Waals surface area contributed by atoms with E-state index in [1.165, 1.54) is 0 Å². The summed E-state index contributed by atoms with van der Waals surface area (Å²) in [6.07, 6.45) is 4.97. The van der Waals surface area contributed by atoms with Gasteiger partial charge in [-0.15, -0.1) is 0 Å². The molecule has 1 saturated heterocycles. The Kier molecular flexibility index (Phi) is 5.61. The Labute approximate surface area is 140 Å². The van der Waals surface area contributed by atoms with Gasteiger partial charge in [-0.3, -0.25) is 0 Å². The predicted octanol–water partition coefficient (Wildman–Crippen LogP) is 1.92. The number of hydrogen-bond donors (Lipinski definition) is 2. The summed E-state index contributed by atoms with van der Waals surface area (Å²) < 4.78 is 25.3. The van der Waals surface area contributed by atoms with Crippen LogP contribution in [0.15, 0.2) is 0 Å². The number of carbonyl (C=O) groups is 1. The zero-order valence-corrected chi connectivity index (χ0v) is 15.6. The number of carbonyl (C=O) groups excluding carboxylic acids is 1. The molecule has 0 spiro atoms. The Morgan fingerprint density at radius 2 is 1.78 bits per heavy atom. The molecule has 7 heteroatoms. The van der Waals surface area contributed by atoms with Gasteiger partial charge in [-0.2, -0.15) is 0 Å². The van der Waals surface area contributed by atoms with E-state index in [2.05, 4.69) is 30.8 Å². The van der Waals surface area contributed by atoms with Crippen molar-refractivity contribution in [2.45, 2.75) is 65.0 Å². The zero-order chi connectivity index (χ0) is 17.3. The summed E-state index contributed by atoms with van der Waals surface area (Å²) >= 11 is 0. The van der Waals surface area contributed by atoms with Gasteiger partial charge in [-0.05, 0) is 43.4 Å². The Morgan fingerprint density at radius 1 is 1.17 bits per heavy atom. The van der Waals surface area contributed by atoms with Crippen molar-refractivity contribution in [3.8, 4) is 0 Å². The van der Waals surface area contributed by atoms with Crippen LogP contribution in [-0.4, -0.2) is 50.8 Å². The van der Waals surface area contributed by atoms with E-state index in [-0.39, 0.29) is 23.9 Å². The first-order chi connectivity index (χ1) is 10.6. The average Bonchev–Trinajstić information content (AvgIpc) is 2.82. The zero-order valence-electron chi connectivity index (χ0n) is 14.8. The standard InChI is InChI=1S/C16H31N3O3S/c1-16(2,3)12-5-7-14(8-6-12)19(4)15(20)17-11-13-9-10-23(21,22)18-13/h12-14,18H,5-11H2,1-4H3,(H,17,20). The van der Waals surface area contributed by atoms with Crippen LogP contribution in [-0.2, 0) is 10.0 Å². The maximum absolute atomic E-state index is 12.3. The van der Waals surface area contributed by atoms with Gasteiger partial charge in [0.15, 0.2) is 0 Å². The summed E-state index contributed by atoms with van der Waals surface area (Å²) in [4.78, 5) is 14.1. The highest BCUT2D eigenvalue weighted by molar-refractivity contribution is 7.89. The molecule has 2 fully saturated rings. The van der Waals surface area contributed by atoms with E-state index in [1.54, 1.807) is 4.90 Å². The van der Waals surface area contributed by atoms with Crippen LogP contribution in [0.25, 0.3) is 0 Å². The predicted molar refractivity (Wildman–Crippen MR) is 91.7 cm³/mol. The van der Waals surface area contributed by atoms with E-state index in [1.807, 2.05) is 7.05 Å². The molecule has 1 aliphatic heterocycles. The van der Waals surface area contributed by atoms with Crippen molar-refractivity contribution in [2.24, 2.45) is 11.3 Å². The molecule has 1 aliphatic carbocycles. The lowest BCUT2D eigenvalue weighted by Gasteiger charge is -2.40. The van der Waals surface area contributed by atoms with Gasteiger partial charge in [0, 0.05) is 25.7 Å². The second kappa shape index (κ2) is 6.97. The topological polar surface area (TPSA) is 78.5 Å². The quantitative estimate of drug-likeness (QED) is 0.820. The van der Waals surface area contributed by atoms with Crippen molar-refractivity contribution >= 4 is 16.1 Å². The second-order valence-corrected chi connectivity index (χ2v) is 9.96. The summed E-state index contributed by atoms with van der Waals surface area (Å²) in [5, 5.41) is 2.86. The van der Waals surface area contributed by atoms with Gasteiger partial charge < -0.3 is 10.2 Å². The van der Waals surface area contributed by atoms with Crippen molar-refractivity contribution in [3.63, 3.8) is 0 Å². The number of sulfonamides is 1. The maximum Gasteiger partial charge on any atom is 0.317 e. The van der Waals surface area contributed by atoms with E-state index in [0.29, 0.717) is 18.4 Å². The number of hydrogen-bond acceptors (Lipinski definition) is 3. The lowest BCUT2D eigenvalue weighted by Crippen LogP contribution is -2.48. The van der Waals surface area contributed by atoms with E-state index in [4.69, 9.17) is 0 Å². The molecule has 0 aromatic carbocycles. The van der Waals surface area contributed by atoms with Crippen LogP contribution >= 0.6 is 0 Å². The fourth-order valence-electron chi connectivity index (χ4n) is 3.64. The minimum Gasteiger partial charge on any atom is -0.336 e. The Bertz CT molecular complexity index is 519. The van der Waals surface area contributed by atoms with Crippen LogP contribution in [0.3, 0.4) is 0 Å². The van der Waals surface area contributed by atoms with Crippen molar-refractivity contribution in [3.05, 3.63) is 0 Å². The molecule has 134 valence electrons. The van der Waals surface area contributed by atoms with E-state index in [0.717, 1.165) is 31.6 Å². The highest BCUT2D eigenvalue weighted by Gasteiger charge is 2.33. The summed E-state index contributed by atoms with van der Waals surface area (Å²) in [6.45, 7) is 7.23. The summed E-state index contributed by atoms with van der Waals surface area (Å²) in [5.41, 5.74) is 0.339. The molecule has 1 unspecified atom stereocenters. The highest BCUT2D eigenvalue weighted by Crippen LogP contribution is 2.38. The third kappa shape index (κ3) is 5.08. The number of amides is 2. The molecule has 2 amide bonds. The molecule has 23 heavy (non-hydrogen) atoms. The molecule has 2 rings (SSSR count). The van der Waals surface area contributed by atoms with E-state index in [9.17, 15) is 13.2 Å². The van der Waals surface area contributed by atoms with Gasteiger partial charge in [-0.1, -0.05) is 20.8 Å². The molecule has 0 aromatic rings. The van der Waals surface area contributed by atoms with Crippen LogP contribution in [0.4, 0.5) is 4.79 Å². The Balaban J connectivity index is 1.75. The molecular formula is C16H31N3O3S. The van der Waals surface area contributed by atoms with Crippen molar-refractivity contribution < 1.29 is 13.2 Å². The molecule has 0 bridgehead atoms. The first kappa shape index (κ1) is 18.5. The molecule has 1 saturated carbocycles. The van der Waals surface area contributed by atoms with E-state index >= 15 is 0 Å². The average molecular weight is 346 g/mol. The normalized spacial score (nSPS) is 30.9. The summed E-state index contributed by atoms with van der Waals surface area (Å²) in [6, 6.07) is 0.0122. The van der Waals surface area contributed by atoms with Gasteiger partial charge in [0.05, 0.1) is 5.75 Å². The number of rotatable bonds is 3.